The van der Waals surface area contributed by atoms with Gasteiger partial charge in [0.2, 0.25) is 5.91 Å². The quantitative estimate of drug-likeness (QED) is 0.577. The maximum atomic E-state index is 12.0. The lowest BCUT2D eigenvalue weighted by molar-refractivity contribution is -0.116. The first kappa shape index (κ1) is 17.7. The summed E-state index contributed by atoms with van der Waals surface area (Å²) in [6.07, 6.45) is 1.17. The van der Waals surface area contributed by atoms with Crippen LogP contribution in [0, 0.1) is 0 Å². The van der Waals surface area contributed by atoms with E-state index in [1.54, 1.807) is 35.6 Å². The van der Waals surface area contributed by atoms with Crippen molar-refractivity contribution in [1.29, 1.82) is 0 Å². The fourth-order valence-corrected chi connectivity index (χ4v) is 3.07. The Morgan fingerprint density at radius 2 is 1.38 bits per heavy atom. The van der Waals surface area contributed by atoms with E-state index in [1.807, 2.05) is 47.2 Å². The van der Waals surface area contributed by atoms with Crippen LogP contribution in [0.25, 0.3) is 0 Å². The zero-order valence-electron chi connectivity index (χ0n) is 14.1. The van der Waals surface area contributed by atoms with Crippen LogP contribution in [-0.4, -0.2) is 11.9 Å². The van der Waals surface area contributed by atoms with Crippen LogP contribution in [0.3, 0.4) is 0 Å². The van der Waals surface area contributed by atoms with Gasteiger partial charge in [-0.15, -0.1) is 0 Å². The van der Waals surface area contributed by atoms with E-state index in [4.69, 9.17) is 0 Å². The molecule has 26 heavy (non-hydrogen) atoms. The number of carbonyl (C=O) groups is 2. The van der Waals surface area contributed by atoms with Gasteiger partial charge in [-0.3, -0.25) is 4.79 Å². The van der Waals surface area contributed by atoms with E-state index in [-0.39, 0.29) is 11.9 Å². The largest absolute Gasteiger partial charge is 0.326 e. The lowest BCUT2D eigenvalue weighted by atomic mass is 10.2. The molecular formula is C20H19N3O2S. The van der Waals surface area contributed by atoms with Crippen molar-refractivity contribution in [2.24, 2.45) is 0 Å². The monoisotopic (exact) mass is 365 g/mol. The molecule has 0 fully saturated rings. The molecule has 0 aliphatic carbocycles. The van der Waals surface area contributed by atoms with Gasteiger partial charge in [0.1, 0.15) is 0 Å². The van der Waals surface area contributed by atoms with Crippen LogP contribution < -0.4 is 16.0 Å². The Balaban J connectivity index is 1.46. The van der Waals surface area contributed by atoms with Crippen molar-refractivity contribution in [3.05, 3.63) is 77.0 Å². The summed E-state index contributed by atoms with van der Waals surface area (Å²) in [7, 11) is 0. The van der Waals surface area contributed by atoms with Gasteiger partial charge in [-0.25, -0.2) is 4.79 Å². The SMILES string of the molecule is O=C(CCc1ccsc1)Nc1ccc(NC(=O)Nc2ccccc2)cc1. The highest BCUT2D eigenvalue weighted by Crippen LogP contribution is 2.15. The van der Waals surface area contributed by atoms with Crippen LogP contribution in [0.4, 0.5) is 21.9 Å². The highest BCUT2D eigenvalue weighted by Gasteiger charge is 2.05. The van der Waals surface area contributed by atoms with Gasteiger partial charge in [0, 0.05) is 23.5 Å². The van der Waals surface area contributed by atoms with Crippen molar-refractivity contribution in [3.8, 4) is 0 Å². The summed E-state index contributed by atoms with van der Waals surface area (Å²) in [4.78, 5) is 23.9. The summed E-state index contributed by atoms with van der Waals surface area (Å²) in [6, 6.07) is 18.0. The van der Waals surface area contributed by atoms with Crippen LogP contribution in [0.1, 0.15) is 12.0 Å². The number of anilines is 3. The number of urea groups is 1. The highest BCUT2D eigenvalue weighted by molar-refractivity contribution is 7.07. The van der Waals surface area contributed by atoms with E-state index in [1.165, 1.54) is 5.56 Å². The number of benzene rings is 2. The maximum Gasteiger partial charge on any atom is 0.323 e. The van der Waals surface area contributed by atoms with Crippen LogP contribution in [0.5, 0.6) is 0 Å². The third kappa shape index (κ3) is 5.46. The summed E-state index contributed by atoms with van der Waals surface area (Å²) in [6.45, 7) is 0. The standard InChI is InChI=1S/C20H19N3O2S/c24-19(11-6-15-12-13-26-14-15)21-17-7-9-18(10-8-17)23-20(25)22-16-4-2-1-3-5-16/h1-5,7-10,12-14H,6,11H2,(H,21,24)(H2,22,23,25). The molecule has 2 aromatic carbocycles. The zero-order chi connectivity index (χ0) is 18.2. The second kappa shape index (κ2) is 8.82. The van der Waals surface area contributed by atoms with Crippen LogP contribution in [0.2, 0.25) is 0 Å². The molecule has 0 radical (unpaired) electrons. The molecule has 3 aromatic rings. The fraction of sp³-hybridized carbons (Fsp3) is 0.100. The van der Waals surface area contributed by atoms with Gasteiger partial charge in [-0.05, 0) is 65.2 Å². The van der Waals surface area contributed by atoms with E-state index in [2.05, 4.69) is 16.0 Å². The summed E-state index contributed by atoms with van der Waals surface area (Å²) < 4.78 is 0. The number of amides is 3. The fourth-order valence-electron chi connectivity index (χ4n) is 2.37. The Bertz CT molecular complexity index is 847. The minimum Gasteiger partial charge on any atom is -0.326 e. The molecule has 132 valence electrons. The van der Waals surface area contributed by atoms with Gasteiger partial charge < -0.3 is 16.0 Å². The third-order valence-electron chi connectivity index (χ3n) is 3.68. The second-order valence-corrected chi connectivity index (χ2v) is 6.48. The van der Waals surface area contributed by atoms with E-state index in [0.717, 1.165) is 12.1 Å². The minimum absolute atomic E-state index is 0.0290. The normalized spacial score (nSPS) is 10.2. The highest BCUT2D eigenvalue weighted by atomic mass is 32.1. The number of thiophene rings is 1. The number of para-hydroxylation sites is 1. The van der Waals surface area contributed by atoms with Crippen LogP contribution in [0.15, 0.2) is 71.4 Å². The average Bonchev–Trinajstić information content (AvgIpc) is 3.16. The molecule has 1 heterocycles. The number of nitrogens with one attached hydrogen (secondary N) is 3. The van der Waals surface area contributed by atoms with E-state index in [0.29, 0.717) is 17.8 Å². The number of hydrogen-bond acceptors (Lipinski definition) is 3. The molecule has 0 bridgehead atoms. The van der Waals surface area contributed by atoms with Crippen molar-refractivity contribution in [3.63, 3.8) is 0 Å². The first-order chi connectivity index (χ1) is 12.7. The average molecular weight is 365 g/mol. The minimum atomic E-state index is -0.316. The topological polar surface area (TPSA) is 70.2 Å². The Kier molecular flexibility index (Phi) is 6.01. The number of hydrogen-bond donors (Lipinski definition) is 3. The molecule has 1 aromatic heterocycles. The zero-order valence-corrected chi connectivity index (χ0v) is 14.9. The Morgan fingerprint density at radius 3 is 2.00 bits per heavy atom. The molecule has 0 spiro atoms. The second-order valence-electron chi connectivity index (χ2n) is 5.70. The summed E-state index contributed by atoms with van der Waals surface area (Å²) >= 11 is 1.63. The lowest BCUT2D eigenvalue weighted by Gasteiger charge is -2.09. The molecule has 0 aliphatic rings. The van der Waals surface area contributed by atoms with Gasteiger partial charge >= 0.3 is 6.03 Å². The van der Waals surface area contributed by atoms with Crippen LogP contribution >= 0.6 is 11.3 Å². The molecule has 0 saturated heterocycles. The third-order valence-corrected chi connectivity index (χ3v) is 4.41. The van der Waals surface area contributed by atoms with Gasteiger partial charge in [-0.1, -0.05) is 18.2 Å². The van der Waals surface area contributed by atoms with Gasteiger partial charge in [-0.2, -0.15) is 11.3 Å². The molecule has 0 aliphatic heterocycles. The van der Waals surface area contributed by atoms with Gasteiger partial charge in [0.05, 0.1) is 0 Å². The summed E-state index contributed by atoms with van der Waals surface area (Å²) in [5, 5.41) is 12.4. The molecule has 5 nitrogen and oxygen atoms in total. The Hall–Kier alpha value is -3.12. The Labute approximate surface area is 156 Å². The Morgan fingerprint density at radius 1 is 0.769 bits per heavy atom. The number of carbonyl (C=O) groups excluding carboxylic acids is 2. The predicted molar refractivity (Wildman–Crippen MR) is 107 cm³/mol. The molecular weight excluding hydrogens is 346 g/mol. The van der Waals surface area contributed by atoms with Crippen molar-refractivity contribution >= 4 is 40.3 Å². The van der Waals surface area contributed by atoms with Gasteiger partial charge in [0.25, 0.3) is 0 Å². The molecule has 3 amide bonds. The number of rotatable bonds is 6. The molecule has 6 heteroatoms. The molecule has 3 N–H and O–H groups in total. The molecule has 0 unspecified atom stereocenters. The number of aryl methyl sites for hydroxylation is 1. The predicted octanol–water partition coefficient (Wildman–Crippen LogP) is 4.96. The van der Waals surface area contributed by atoms with Crippen molar-refractivity contribution in [2.75, 3.05) is 16.0 Å². The van der Waals surface area contributed by atoms with E-state index < -0.39 is 0 Å². The maximum absolute atomic E-state index is 12.0. The van der Waals surface area contributed by atoms with E-state index >= 15 is 0 Å². The first-order valence-corrected chi connectivity index (χ1v) is 9.17. The first-order valence-electron chi connectivity index (χ1n) is 8.23. The van der Waals surface area contributed by atoms with Gasteiger partial charge in [0.15, 0.2) is 0 Å². The van der Waals surface area contributed by atoms with Crippen molar-refractivity contribution < 1.29 is 9.59 Å². The molecule has 0 atom stereocenters. The lowest BCUT2D eigenvalue weighted by Crippen LogP contribution is -2.19. The summed E-state index contributed by atoms with van der Waals surface area (Å²) in [5.74, 6) is -0.0290. The molecule has 3 rings (SSSR count). The van der Waals surface area contributed by atoms with E-state index in [9.17, 15) is 9.59 Å². The summed E-state index contributed by atoms with van der Waals surface area (Å²) in [5.41, 5.74) is 3.25. The molecule has 0 saturated carbocycles. The smallest absolute Gasteiger partial charge is 0.323 e. The van der Waals surface area contributed by atoms with Crippen LogP contribution in [-0.2, 0) is 11.2 Å². The van der Waals surface area contributed by atoms with Crippen molar-refractivity contribution in [1.82, 2.24) is 0 Å². The van der Waals surface area contributed by atoms with Crippen molar-refractivity contribution in [2.45, 2.75) is 12.8 Å².